The van der Waals surface area contributed by atoms with Crippen LogP contribution in [0.5, 0.6) is 0 Å². The fourth-order valence-corrected chi connectivity index (χ4v) is 2.40. The summed E-state index contributed by atoms with van der Waals surface area (Å²) in [6.07, 6.45) is -0.377. The highest BCUT2D eigenvalue weighted by Crippen LogP contribution is 2.20. The van der Waals surface area contributed by atoms with Crippen LogP contribution < -0.4 is 11.1 Å². The lowest BCUT2D eigenvalue weighted by atomic mass is 10.2. The lowest BCUT2D eigenvalue weighted by Crippen LogP contribution is -2.49. The molecule has 1 saturated heterocycles. The van der Waals surface area contributed by atoms with Crippen molar-refractivity contribution < 1.29 is 14.3 Å². The molecular formula is C17H27N3O3. The topological polar surface area (TPSA) is 76.8 Å². The molecule has 1 aliphatic heterocycles. The number of nitrogens with one attached hydrogen (secondary N) is 1. The van der Waals surface area contributed by atoms with Crippen LogP contribution >= 0.6 is 0 Å². The fourth-order valence-electron chi connectivity index (χ4n) is 2.40. The van der Waals surface area contributed by atoms with E-state index < -0.39 is 5.60 Å². The number of rotatable bonds is 3. The maximum atomic E-state index is 12.1. The van der Waals surface area contributed by atoms with Crippen molar-refractivity contribution in [2.75, 3.05) is 37.3 Å². The summed E-state index contributed by atoms with van der Waals surface area (Å²) >= 11 is 0. The molecule has 2 rings (SSSR count). The van der Waals surface area contributed by atoms with Gasteiger partial charge in [-0.3, -0.25) is 0 Å². The van der Waals surface area contributed by atoms with Crippen LogP contribution in [0.15, 0.2) is 18.2 Å². The van der Waals surface area contributed by atoms with Crippen LogP contribution in [-0.2, 0) is 9.47 Å². The molecule has 0 radical (unpaired) electrons. The monoisotopic (exact) mass is 321 g/mol. The molecule has 23 heavy (non-hydrogen) atoms. The zero-order chi connectivity index (χ0) is 17.0. The summed E-state index contributed by atoms with van der Waals surface area (Å²) < 4.78 is 11.1. The SMILES string of the molecule is Cc1ccc(NC[C@@H]2CN(C(=O)OC(C)(C)C)CCO2)c(N)c1. The number of hydrogen-bond acceptors (Lipinski definition) is 5. The van der Waals surface area contributed by atoms with Gasteiger partial charge in [0.15, 0.2) is 0 Å². The van der Waals surface area contributed by atoms with E-state index in [0.29, 0.717) is 31.9 Å². The standard InChI is InChI=1S/C17H27N3O3/c1-12-5-6-15(14(18)9-12)19-10-13-11-20(7-8-22-13)16(21)23-17(2,3)4/h5-6,9,13,19H,7-8,10-11,18H2,1-4H3/t13-/m1/s1. The van der Waals surface area contributed by atoms with E-state index in [1.54, 1.807) is 4.90 Å². The van der Waals surface area contributed by atoms with Gasteiger partial charge in [0.1, 0.15) is 5.60 Å². The third-order valence-electron chi connectivity index (χ3n) is 3.52. The molecule has 0 spiro atoms. The first-order valence-corrected chi connectivity index (χ1v) is 7.94. The molecule has 3 N–H and O–H groups in total. The fraction of sp³-hybridized carbons (Fsp3) is 0.588. The van der Waals surface area contributed by atoms with Crippen LogP contribution in [0.25, 0.3) is 0 Å². The predicted molar refractivity (Wildman–Crippen MR) is 91.6 cm³/mol. The van der Waals surface area contributed by atoms with E-state index in [1.165, 1.54) is 0 Å². The highest BCUT2D eigenvalue weighted by molar-refractivity contribution is 5.68. The van der Waals surface area contributed by atoms with E-state index in [-0.39, 0.29) is 12.2 Å². The van der Waals surface area contributed by atoms with E-state index in [2.05, 4.69) is 5.32 Å². The van der Waals surface area contributed by atoms with Crippen LogP contribution in [-0.4, -0.2) is 48.9 Å². The second-order valence-electron chi connectivity index (χ2n) is 6.89. The Balaban J connectivity index is 1.87. The Bertz CT molecular complexity index is 555. The zero-order valence-electron chi connectivity index (χ0n) is 14.4. The Morgan fingerprint density at radius 2 is 2.22 bits per heavy atom. The number of ether oxygens (including phenoxy) is 2. The molecular weight excluding hydrogens is 294 g/mol. The largest absolute Gasteiger partial charge is 0.444 e. The van der Waals surface area contributed by atoms with Crippen LogP contribution in [0.1, 0.15) is 26.3 Å². The number of nitrogens with two attached hydrogens (primary N) is 1. The molecule has 0 saturated carbocycles. The van der Waals surface area contributed by atoms with E-state index in [9.17, 15) is 4.79 Å². The second-order valence-corrected chi connectivity index (χ2v) is 6.89. The third kappa shape index (κ3) is 5.32. The van der Waals surface area contributed by atoms with E-state index in [1.807, 2.05) is 45.9 Å². The number of amides is 1. The van der Waals surface area contributed by atoms with Gasteiger partial charge in [0, 0.05) is 13.1 Å². The van der Waals surface area contributed by atoms with E-state index in [4.69, 9.17) is 15.2 Å². The van der Waals surface area contributed by atoms with Crippen LogP contribution in [0, 0.1) is 6.92 Å². The summed E-state index contributed by atoms with van der Waals surface area (Å²) in [6, 6.07) is 5.89. The normalized spacial score (nSPS) is 18.6. The summed E-state index contributed by atoms with van der Waals surface area (Å²) in [6.45, 7) is 9.76. The van der Waals surface area contributed by atoms with Crippen molar-refractivity contribution in [3.8, 4) is 0 Å². The van der Waals surface area contributed by atoms with Gasteiger partial charge < -0.3 is 25.4 Å². The number of benzene rings is 1. The second kappa shape index (κ2) is 7.08. The maximum Gasteiger partial charge on any atom is 0.410 e. The summed E-state index contributed by atoms with van der Waals surface area (Å²) in [5.41, 5.74) is 8.23. The number of nitrogen functional groups attached to an aromatic ring is 1. The number of carbonyl (C=O) groups excluding carboxylic acids is 1. The van der Waals surface area contributed by atoms with E-state index in [0.717, 1.165) is 11.3 Å². The molecule has 6 heteroatoms. The van der Waals surface area contributed by atoms with Gasteiger partial charge in [-0.15, -0.1) is 0 Å². The highest BCUT2D eigenvalue weighted by Gasteiger charge is 2.28. The molecule has 1 aliphatic rings. The first-order chi connectivity index (χ1) is 10.7. The van der Waals surface area contributed by atoms with Crippen molar-refractivity contribution in [1.29, 1.82) is 0 Å². The van der Waals surface area contributed by atoms with Gasteiger partial charge in [0.2, 0.25) is 0 Å². The average Bonchev–Trinajstić information content (AvgIpc) is 2.45. The average molecular weight is 321 g/mol. The molecule has 0 unspecified atom stereocenters. The highest BCUT2D eigenvalue weighted by atomic mass is 16.6. The van der Waals surface area contributed by atoms with Crippen molar-refractivity contribution in [3.05, 3.63) is 23.8 Å². The molecule has 0 aromatic heterocycles. The Kier molecular flexibility index (Phi) is 5.36. The lowest BCUT2D eigenvalue weighted by Gasteiger charge is -2.34. The summed E-state index contributed by atoms with van der Waals surface area (Å²) in [4.78, 5) is 13.8. The number of aryl methyl sites for hydroxylation is 1. The lowest BCUT2D eigenvalue weighted by molar-refractivity contribution is -0.0371. The Morgan fingerprint density at radius 1 is 1.48 bits per heavy atom. The molecule has 1 heterocycles. The van der Waals surface area contributed by atoms with Crippen molar-refractivity contribution in [2.24, 2.45) is 0 Å². The minimum atomic E-state index is -0.487. The Hall–Kier alpha value is -1.95. The first kappa shape index (κ1) is 17.4. The van der Waals surface area contributed by atoms with Crippen molar-refractivity contribution in [3.63, 3.8) is 0 Å². The smallest absolute Gasteiger partial charge is 0.410 e. The molecule has 1 atom stereocenters. The number of carbonyl (C=O) groups is 1. The predicted octanol–water partition coefficient (Wildman–Crippen LogP) is 2.63. The Morgan fingerprint density at radius 3 is 2.87 bits per heavy atom. The first-order valence-electron chi connectivity index (χ1n) is 7.94. The Labute approximate surface area is 137 Å². The van der Waals surface area contributed by atoms with Gasteiger partial charge in [-0.05, 0) is 45.4 Å². The van der Waals surface area contributed by atoms with Gasteiger partial charge in [0.25, 0.3) is 0 Å². The minimum Gasteiger partial charge on any atom is -0.444 e. The molecule has 1 aromatic rings. The van der Waals surface area contributed by atoms with Crippen molar-refractivity contribution in [2.45, 2.75) is 39.4 Å². The van der Waals surface area contributed by atoms with Gasteiger partial charge >= 0.3 is 6.09 Å². The third-order valence-corrected chi connectivity index (χ3v) is 3.52. The molecule has 128 valence electrons. The zero-order valence-corrected chi connectivity index (χ0v) is 14.4. The summed E-state index contributed by atoms with van der Waals surface area (Å²) in [7, 11) is 0. The molecule has 1 aromatic carbocycles. The molecule has 6 nitrogen and oxygen atoms in total. The summed E-state index contributed by atoms with van der Waals surface area (Å²) in [5, 5.41) is 3.29. The molecule has 1 amide bonds. The van der Waals surface area contributed by atoms with Gasteiger partial charge in [0.05, 0.1) is 30.6 Å². The minimum absolute atomic E-state index is 0.0861. The van der Waals surface area contributed by atoms with Gasteiger partial charge in [-0.2, -0.15) is 0 Å². The van der Waals surface area contributed by atoms with Crippen molar-refractivity contribution in [1.82, 2.24) is 4.90 Å². The number of anilines is 2. The van der Waals surface area contributed by atoms with Gasteiger partial charge in [-0.1, -0.05) is 6.07 Å². The van der Waals surface area contributed by atoms with Crippen molar-refractivity contribution >= 4 is 17.5 Å². The maximum absolute atomic E-state index is 12.1. The number of morpholine rings is 1. The summed E-state index contributed by atoms with van der Waals surface area (Å²) in [5.74, 6) is 0. The molecule has 1 fully saturated rings. The van der Waals surface area contributed by atoms with Crippen LogP contribution in [0.2, 0.25) is 0 Å². The molecule has 0 aliphatic carbocycles. The van der Waals surface area contributed by atoms with E-state index >= 15 is 0 Å². The van der Waals surface area contributed by atoms with Crippen LogP contribution in [0.3, 0.4) is 0 Å². The quantitative estimate of drug-likeness (QED) is 0.837. The van der Waals surface area contributed by atoms with Crippen LogP contribution in [0.4, 0.5) is 16.2 Å². The number of nitrogens with zero attached hydrogens (tertiary/aromatic N) is 1. The number of hydrogen-bond donors (Lipinski definition) is 2. The molecule has 0 bridgehead atoms. The van der Waals surface area contributed by atoms with Gasteiger partial charge in [-0.25, -0.2) is 4.79 Å².